The number of allylic oxidation sites excluding steroid dienone is 1. The Morgan fingerprint density at radius 3 is 2.33 bits per heavy atom. The van der Waals surface area contributed by atoms with Crippen molar-refractivity contribution in [3.8, 4) is 22.4 Å². The fraction of sp³-hybridized carbons (Fsp3) is 0.367. The van der Waals surface area contributed by atoms with Crippen molar-refractivity contribution >= 4 is 21.5 Å². The minimum atomic E-state index is -2.24. The highest BCUT2D eigenvalue weighted by Crippen LogP contribution is 2.30. The number of alkyl halides is 1. The number of aliphatic hydroxyl groups is 1. The first-order valence-electron chi connectivity index (χ1n) is 12.9. The third kappa shape index (κ3) is 7.29. The summed E-state index contributed by atoms with van der Waals surface area (Å²) in [4.78, 5) is 4.60. The third-order valence-corrected chi connectivity index (χ3v) is 7.00. The van der Waals surface area contributed by atoms with Gasteiger partial charge in [0.2, 0.25) is 0 Å². The fourth-order valence-corrected chi connectivity index (χ4v) is 5.01. The van der Waals surface area contributed by atoms with E-state index in [0.29, 0.717) is 34.7 Å². The smallest absolute Gasteiger partial charge is 0.167 e. The molecule has 2 aromatic carbocycles. The molecule has 0 amide bonds. The van der Waals surface area contributed by atoms with E-state index in [9.17, 15) is 13.7 Å². The van der Waals surface area contributed by atoms with Crippen LogP contribution in [0.4, 0.5) is 14.5 Å². The van der Waals surface area contributed by atoms with Crippen molar-refractivity contribution in [2.75, 3.05) is 25.7 Å². The molecule has 6 nitrogen and oxygen atoms in total. The maximum Gasteiger partial charge on any atom is 0.167 e. The molecule has 1 aromatic heterocycles. The molecule has 3 atom stereocenters. The van der Waals surface area contributed by atoms with Crippen molar-refractivity contribution in [1.82, 2.24) is 4.98 Å². The van der Waals surface area contributed by atoms with E-state index in [1.165, 1.54) is 6.07 Å². The highest BCUT2D eigenvalue weighted by atomic mass is 32.2. The molecule has 0 saturated carbocycles. The lowest BCUT2D eigenvalue weighted by Gasteiger charge is -2.18. The van der Waals surface area contributed by atoms with Gasteiger partial charge in [-0.2, -0.15) is 4.36 Å². The summed E-state index contributed by atoms with van der Waals surface area (Å²) in [6, 6.07) is 16.3. The van der Waals surface area contributed by atoms with Gasteiger partial charge in [-0.05, 0) is 48.2 Å². The summed E-state index contributed by atoms with van der Waals surface area (Å²) in [5.74, 6) is 0.0934. The van der Waals surface area contributed by atoms with E-state index in [1.807, 2.05) is 55.5 Å². The maximum absolute atomic E-state index is 15.0. The van der Waals surface area contributed by atoms with Crippen LogP contribution in [0.2, 0.25) is 0 Å². The second kappa shape index (κ2) is 12.4. The lowest BCUT2D eigenvalue weighted by Crippen LogP contribution is -2.30. The number of ether oxygens (including phenoxy) is 2. The number of nitrogens with zero attached hydrogens (tertiary/aromatic N) is 2. The summed E-state index contributed by atoms with van der Waals surface area (Å²) in [6.07, 6.45) is 3.08. The van der Waals surface area contributed by atoms with Gasteiger partial charge in [0.1, 0.15) is 17.6 Å². The van der Waals surface area contributed by atoms with Crippen LogP contribution in [0.15, 0.2) is 64.7 Å². The third-order valence-electron chi connectivity index (χ3n) is 6.35. The van der Waals surface area contributed by atoms with E-state index in [1.54, 1.807) is 25.5 Å². The quantitative estimate of drug-likeness (QED) is 0.305. The Bertz CT molecular complexity index is 1440. The number of rotatable bonds is 9. The normalized spacial score (nSPS) is 19.8. The molecule has 0 spiro atoms. The van der Waals surface area contributed by atoms with Crippen molar-refractivity contribution in [3.63, 3.8) is 0 Å². The largest absolute Gasteiger partial charge is 0.489 e. The van der Waals surface area contributed by atoms with Gasteiger partial charge < -0.3 is 14.6 Å². The molecule has 2 heterocycles. The highest BCUT2D eigenvalue weighted by Gasteiger charge is 2.39. The van der Waals surface area contributed by atoms with Crippen LogP contribution in [0.1, 0.15) is 31.0 Å². The minimum absolute atomic E-state index is 0.0516. The molecule has 1 aliphatic heterocycles. The first kappa shape index (κ1) is 28.9. The van der Waals surface area contributed by atoms with Crippen LogP contribution in [0, 0.1) is 12.7 Å². The molecular weight excluding hydrogens is 522 g/mol. The molecule has 1 aliphatic rings. The lowest BCUT2D eigenvalue weighted by atomic mass is 10.0. The van der Waals surface area contributed by atoms with E-state index < -0.39 is 40.5 Å². The van der Waals surface area contributed by atoms with Crippen LogP contribution in [0.5, 0.6) is 0 Å². The Hall–Kier alpha value is -3.14. The Morgan fingerprint density at radius 2 is 1.77 bits per heavy atom. The van der Waals surface area contributed by atoms with E-state index in [-0.39, 0.29) is 12.3 Å². The first-order valence-corrected chi connectivity index (χ1v) is 15.2. The van der Waals surface area contributed by atoms with Crippen LogP contribution in [-0.4, -0.2) is 58.4 Å². The van der Waals surface area contributed by atoms with Crippen molar-refractivity contribution in [2.45, 2.75) is 45.1 Å². The Morgan fingerprint density at radius 1 is 1.15 bits per heavy atom. The number of aromatic nitrogens is 1. The zero-order chi connectivity index (χ0) is 28.2. The summed E-state index contributed by atoms with van der Waals surface area (Å²) in [6.45, 7) is 3.40. The molecule has 39 heavy (non-hydrogen) atoms. The van der Waals surface area contributed by atoms with Gasteiger partial charge in [-0.3, -0.25) is 0 Å². The molecule has 0 unspecified atom stereocenters. The number of aliphatic hydroxyl groups excluding tert-OH is 1. The highest BCUT2D eigenvalue weighted by molar-refractivity contribution is 7.92. The van der Waals surface area contributed by atoms with Crippen LogP contribution in [0.25, 0.3) is 28.5 Å². The topological polar surface area (TPSA) is 81.0 Å². The van der Waals surface area contributed by atoms with Gasteiger partial charge in [0, 0.05) is 40.3 Å². The first-order chi connectivity index (χ1) is 18.6. The molecule has 0 radical (unpaired) electrons. The number of hydrogen-bond donors (Lipinski definition) is 1. The van der Waals surface area contributed by atoms with Gasteiger partial charge in [0.05, 0.1) is 30.4 Å². The zero-order valence-corrected chi connectivity index (χ0v) is 23.4. The summed E-state index contributed by atoms with van der Waals surface area (Å²) in [7, 11) is -2.24. The van der Waals surface area contributed by atoms with E-state index >= 15 is 4.39 Å². The molecule has 1 fully saturated rings. The predicted octanol–water partition coefficient (Wildman–Crippen LogP) is 6.48. The maximum atomic E-state index is 15.0. The second-order valence-corrected chi connectivity index (χ2v) is 12.5. The number of hydrogen-bond acceptors (Lipinski definition) is 6. The molecule has 3 aromatic rings. The molecular formula is C30H34F2N2O4S. The molecule has 0 aliphatic carbocycles. The molecule has 1 saturated heterocycles. The van der Waals surface area contributed by atoms with Crippen molar-refractivity contribution in [3.05, 3.63) is 77.4 Å². The van der Waals surface area contributed by atoms with Gasteiger partial charge in [0.15, 0.2) is 12.3 Å². The molecule has 0 bridgehead atoms. The number of benzene rings is 2. The molecule has 208 valence electrons. The van der Waals surface area contributed by atoms with E-state index in [2.05, 4.69) is 9.35 Å². The summed E-state index contributed by atoms with van der Waals surface area (Å²) >= 11 is 0. The Labute approximate surface area is 228 Å². The minimum Gasteiger partial charge on any atom is -0.489 e. The predicted molar refractivity (Wildman–Crippen MR) is 151 cm³/mol. The van der Waals surface area contributed by atoms with Gasteiger partial charge >= 0.3 is 0 Å². The van der Waals surface area contributed by atoms with Gasteiger partial charge in [-0.15, -0.1) is 0 Å². The van der Waals surface area contributed by atoms with Gasteiger partial charge in [-0.1, -0.05) is 43.3 Å². The zero-order valence-electron chi connectivity index (χ0n) is 22.6. The van der Waals surface area contributed by atoms with Gasteiger partial charge in [0.25, 0.3) is 0 Å². The average molecular weight is 557 g/mol. The average Bonchev–Trinajstić information content (AvgIpc) is 3.24. The monoisotopic (exact) mass is 556 g/mol. The van der Waals surface area contributed by atoms with E-state index in [4.69, 9.17) is 9.47 Å². The second-order valence-electron chi connectivity index (χ2n) is 9.93. The lowest BCUT2D eigenvalue weighted by molar-refractivity contribution is 0.0295. The number of pyridine rings is 1. The number of aryl methyl sites for hydroxylation is 1. The van der Waals surface area contributed by atoms with Crippen molar-refractivity contribution < 1.29 is 27.6 Å². The molecule has 4 rings (SSSR count). The molecule has 9 heteroatoms. The van der Waals surface area contributed by atoms with E-state index in [0.717, 1.165) is 17.5 Å². The van der Waals surface area contributed by atoms with Crippen LogP contribution >= 0.6 is 0 Å². The molecule has 1 N–H and O–H groups in total. The number of halogens is 2. The summed E-state index contributed by atoms with van der Waals surface area (Å²) < 4.78 is 56.9. The Kier molecular flexibility index (Phi) is 9.15. The summed E-state index contributed by atoms with van der Waals surface area (Å²) in [5, 5.41) is 9.26. The SMILES string of the molecule is CCC/C(=C\c1nc(-c2ccc(-c3ccc(N=S(C)(C)=O)cc3)cc2)c(F)cc1C)O[C@@H]1CO[C@H](CO)[C@@H]1F. The van der Waals surface area contributed by atoms with Crippen molar-refractivity contribution in [1.29, 1.82) is 0 Å². The van der Waals surface area contributed by atoms with Gasteiger partial charge in [-0.25, -0.2) is 18.0 Å². The van der Waals surface area contributed by atoms with Crippen LogP contribution in [-0.2, 0) is 19.2 Å². The van der Waals surface area contributed by atoms with Crippen molar-refractivity contribution in [2.24, 2.45) is 4.36 Å². The Balaban J connectivity index is 1.59. The van der Waals surface area contributed by atoms with Crippen LogP contribution in [0.3, 0.4) is 0 Å². The standard InChI is InChI=1S/C30H34F2N2O4S/c1-5-6-24(38-28-18-37-27(17-35)29(28)32)16-26-19(2)15-25(31)30(33-26)22-9-7-20(8-10-22)21-11-13-23(14-12-21)34-39(3,4)36/h7-16,27-29,35H,5-6,17-18H2,1-4H3/b24-16+/t27-,28-,29+/m1/s1. The fourth-order valence-electron chi connectivity index (χ4n) is 4.38. The van der Waals surface area contributed by atoms with Crippen LogP contribution < -0.4 is 0 Å². The summed E-state index contributed by atoms with van der Waals surface area (Å²) in [5.41, 5.74) is 4.53.